The van der Waals surface area contributed by atoms with Crippen molar-refractivity contribution in [3.05, 3.63) is 23.8 Å². The number of hydrogen-bond acceptors (Lipinski definition) is 3. The van der Waals surface area contributed by atoms with Gasteiger partial charge in [0, 0.05) is 0 Å². The highest BCUT2D eigenvalue weighted by Gasteiger charge is 2.38. The second-order valence-corrected chi connectivity index (χ2v) is 6.17. The van der Waals surface area contributed by atoms with Gasteiger partial charge in [0.2, 0.25) is 0 Å². The van der Waals surface area contributed by atoms with Gasteiger partial charge in [-0.15, -0.1) is 0 Å². The van der Waals surface area contributed by atoms with Crippen LogP contribution in [0.2, 0.25) is 0 Å². The van der Waals surface area contributed by atoms with Crippen LogP contribution >= 0.6 is 11.8 Å². The van der Waals surface area contributed by atoms with Gasteiger partial charge in [0.15, 0.2) is 0 Å². The smallest absolute Gasteiger partial charge is 0.132 e. The molecule has 1 saturated carbocycles. The fraction of sp³-hybridized carbons (Fsp3) is 0.571. The average Bonchev–Trinajstić information content (AvgIpc) is 2.39. The van der Waals surface area contributed by atoms with Gasteiger partial charge in [-0.05, 0) is 37.3 Å². The summed E-state index contributed by atoms with van der Waals surface area (Å²) >= 11 is 1.88. The van der Waals surface area contributed by atoms with Crippen LogP contribution in [0.15, 0.2) is 23.1 Å². The third kappa shape index (κ3) is 2.06. The lowest BCUT2D eigenvalue weighted by atomic mass is 9.97. The van der Waals surface area contributed by atoms with Crippen molar-refractivity contribution in [3.63, 3.8) is 0 Å². The third-order valence-electron chi connectivity index (χ3n) is 3.67. The first-order valence-corrected chi connectivity index (χ1v) is 7.13. The number of benzene rings is 1. The zero-order chi connectivity index (χ0) is 11.7. The molecule has 0 amide bonds. The summed E-state index contributed by atoms with van der Waals surface area (Å²) in [7, 11) is 1.75. The average molecular weight is 250 g/mol. The fourth-order valence-electron chi connectivity index (χ4n) is 2.71. The lowest BCUT2D eigenvalue weighted by Crippen LogP contribution is -2.33. The van der Waals surface area contributed by atoms with Crippen molar-refractivity contribution < 1.29 is 9.47 Å². The van der Waals surface area contributed by atoms with E-state index in [4.69, 9.17) is 9.47 Å². The first kappa shape index (κ1) is 11.4. The summed E-state index contributed by atoms with van der Waals surface area (Å²) in [6, 6.07) is 6.23. The first-order valence-electron chi connectivity index (χ1n) is 6.32. The highest BCUT2D eigenvalue weighted by atomic mass is 32.2. The van der Waals surface area contributed by atoms with Gasteiger partial charge in [0.25, 0.3) is 0 Å². The second-order valence-electron chi connectivity index (χ2n) is 4.81. The zero-order valence-corrected chi connectivity index (χ0v) is 11.0. The van der Waals surface area contributed by atoms with Gasteiger partial charge < -0.3 is 9.47 Å². The minimum Gasteiger partial charge on any atom is -0.496 e. The maximum Gasteiger partial charge on any atom is 0.132 e. The molecule has 0 bridgehead atoms. The first-order chi connectivity index (χ1) is 8.33. The van der Waals surface area contributed by atoms with Crippen LogP contribution in [0.25, 0.3) is 0 Å². The maximum atomic E-state index is 6.14. The Kier molecular flexibility index (Phi) is 3.05. The molecular weight excluding hydrogens is 232 g/mol. The molecular formula is C14H18O2S. The van der Waals surface area contributed by atoms with E-state index in [2.05, 4.69) is 6.07 Å². The largest absolute Gasteiger partial charge is 0.496 e. The summed E-state index contributed by atoms with van der Waals surface area (Å²) in [6.45, 7) is 0.736. The molecule has 2 aliphatic rings. The van der Waals surface area contributed by atoms with Crippen LogP contribution < -0.4 is 4.74 Å². The van der Waals surface area contributed by atoms with Crippen molar-refractivity contribution in [2.24, 2.45) is 0 Å². The lowest BCUT2D eigenvalue weighted by Gasteiger charge is -2.40. The van der Waals surface area contributed by atoms with Crippen LogP contribution in [0.1, 0.15) is 37.7 Å². The van der Waals surface area contributed by atoms with Crippen LogP contribution in [0, 0.1) is 0 Å². The molecule has 1 heterocycles. The Morgan fingerprint density at radius 1 is 1.24 bits per heavy atom. The van der Waals surface area contributed by atoms with Gasteiger partial charge in [-0.3, -0.25) is 0 Å². The summed E-state index contributed by atoms with van der Waals surface area (Å²) in [5, 5.41) is 0. The molecule has 3 heteroatoms. The number of fused-ring (bicyclic) bond motifs is 1. The Balaban J connectivity index is 1.93. The van der Waals surface area contributed by atoms with Crippen molar-refractivity contribution in [3.8, 4) is 5.75 Å². The number of hydrogen-bond donors (Lipinski definition) is 0. The SMILES string of the molecule is COc1cccc2c1SC1(CCCCC1)OC2. The van der Waals surface area contributed by atoms with E-state index in [0.717, 1.165) is 12.4 Å². The standard InChI is InChI=1S/C14H18O2S/c1-15-12-7-5-6-11-10-16-14(17-13(11)12)8-3-2-4-9-14/h5-7H,2-4,8-10H2,1H3. The number of ether oxygens (including phenoxy) is 2. The van der Waals surface area contributed by atoms with E-state index >= 15 is 0 Å². The normalized spacial score (nSPS) is 22.2. The van der Waals surface area contributed by atoms with E-state index < -0.39 is 0 Å². The summed E-state index contributed by atoms with van der Waals surface area (Å²) in [6.07, 6.45) is 6.28. The van der Waals surface area contributed by atoms with Gasteiger partial charge in [-0.1, -0.05) is 30.3 Å². The Hall–Kier alpha value is -0.670. The quantitative estimate of drug-likeness (QED) is 0.751. The topological polar surface area (TPSA) is 18.5 Å². The molecule has 0 N–H and O–H groups in total. The molecule has 0 unspecified atom stereocenters. The number of methoxy groups -OCH3 is 1. The molecule has 1 fully saturated rings. The molecule has 1 aromatic rings. The third-order valence-corrected chi connectivity index (χ3v) is 5.24. The maximum absolute atomic E-state index is 6.14. The predicted molar refractivity (Wildman–Crippen MR) is 69.5 cm³/mol. The Morgan fingerprint density at radius 2 is 2.06 bits per heavy atom. The molecule has 0 radical (unpaired) electrons. The molecule has 1 aliphatic heterocycles. The molecule has 1 aliphatic carbocycles. The Bertz CT molecular complexity index is 396. The van der Waals surface area contributed by atoms with Crippen LogP contribution in [-0.4, -0.2) is 12.0 Å². The monoisotopic (exact) mass is 250 g/mol. The van der Waals surface area contributed by atoms with Crippen molar-refractivity contribution in [2.75, 3.05) is 7.11 Å². The van der Waals surface area contributed by atoms with Gasteiger partial charge in [-0.2, -0.15) is 0 Å². The molecule has 0 saturated heterocycles. The second kappa shape index (κ2) is 4.54. The van der Waals surface area contributed by atoms with E-state index in [-0.39, 0.29) is 4.93 Å². The summed E-state index contributed by atoms with van der Waals surface area (Å²) in [5.74, 6) is 1.00. The summed E-state index contributed by atoms with van der Waals surface area (Å²) in [4.78, 5) is 1.32. The molecule has 1 spiro atoms. The zero-order valence-electron chi connectivity index (χ0n) is 10.2. The van der Waals surface area contributed by atoms with Gasteiger partial charge >= 0.3 is 0 Å². The predicted octanol–water partition coefficient (Wildman–Crippen LogP) is 3.98. The number of thioether (sulfide) groups is 1. The number of rotatable bonds is 1. The van der Waals surface area contributed by atoms with Gasteiger partial charge in [0.1, 0.15) is 10.7 Å². The van der Waals surface area contributed by atoms with Crippen LogP contribution in [0.3, 0.4) is 0 Å². The van der Waals surface area contributed by atoms with E-state index in [1.807, 2.05) is 23.9 Å². The van der Waals surface area contributed by atoms with E-state index in [9.17, 15) is 0 Å². The van der Waals surface area contributed by atoms with Gasteiger partial charge in [0.05, 0.1) is 18.6 Å². The van der Waals surface area contributed by atoms with Crippen molar-refractivity contribution in [2.45, 2.75) is 48.5 Å². The van der Waals surface area contributed by atoms with E-state index in [0.29, 0.717) is 0 Å². The van der Waals surface area contributed by atoms with E-state index in [1.54, 1.807) is 7.11 Å². The fourth-order valence-corrected chi connectivity index (χ4v) is 4.21. The highest BCUT2D eigenvalue weighted by Crippen LogP contribution is 2.51. The van der Waals surface area contributed by atoms with Gasteiger partial charge in [-0.25, -0.2) is 0 Å². The lowest BCUT2D eigenvalue weighted by molar-refractivity contribution is -0.0165. The molecule has 0 atom stereocenters. The van der Waals surface area contributed by atoms with Crippen molar-refractivity contribution >= 4 is 11.8 Å². The minimum absolute atomic E-state index is 0.0277. The summed E-state index contributed by atoms with van der Waals surface area (Å²) < 4.78 is 11.6. The highest BCUT2D eigenvalue weighted by molar-refractivity contribution is 8.00. The summed E-state index contributed by atoms with van der Waals surface area (Å²) in [5.41, 5.74) is 1.27. The molecule has 17 heavy (non-hydrogen) atoms. The Morgan fingerprint density at radius 3 is 2.82 bits per heavy atom. The minimum atomic E-state index is 0.0277. The van der Waals surface area contributed by atoms with Crippen molar-refractivity contribution in [1.29, 1.82) is 0 Å². The molecule has 0 aromatic heterocycles. The van der Waals surface area contributed by atoms with Crippen LogP contribution in [0.4, 0.5) is 0 Å². The van der Waals surface area contributed by atoms with Crippen LogP contribution in [0.5, 0.6) is 5.75 Å². The van der Waals surface area contributed by atoms with Crippen molar-refractivity contribution in [1.82, 2.24) is 0 Å². The molecule has 2 nitrogen and oxygen atoms in total. The molecule has 3 rings (SSSR count). The van der Waals surface area contributed by atoms with E-state index in [1.165, 1.54) is 42.6 Å². The molecule has 92 valence electrons. The molecule has 1 aromatic carbocycles. The van der Waals surface area contributed by atoms with Crippen LogP contribution in [-0.2, 0) is 11.3 Å². The Labute approximate surface area is 107 Å².